The standard InChI is InChI=1S/C13H18O/c1-10(2)13(3)8-9-14-12-7-5-4-6-11(12)13/h4-7,10H,8-9H2,1-3H3. The first-order valence-electron chi connectivity index (χ1n) is 5.37. The highest BCUT2D eigenvalue weighted by atomic mass is 16.5. The van der Waals surface area contributed by atoms with Crippen LogP contribution in [0.1, 0.15) is 32.8 Å². The van der Waals surface area contributed by atoms with Crippen LogP contribution in [0, 0.1) is 5.92 Å². The van der Waals surface area contributed by atoms with E-state index in [0.717, 1.165) is 18.8 Å². The van der Waals surface area contributed by atoms with Crippen molar-refractivity contribution in [2.45, 2.75) is 32.6 Å². The van der Waals surface area contributed by atoms with Gasteiger partial charge in [0, 0.05) is 11.0 Å². The van der Waals surface area contributed by atoms with E-state index < -0.39 is 0 Å². The van der Waals surface area contributed by atoms with Crippen LogP contribution >= 0.6 is 0 Å². The molecule has 2 rings (SSSR count). The van der Waals surface area contributed by atoms with Crippen molar-refractivity contribution in [3.05, 3.63) is 29.8 Å². The van der Waals surface area contributed by atoms with E-state index in [1.807, 2.05) is 6.07 Å². The molecule has 1 heteroatoms. The largest absolute Gasteiger partial charge is 0.493 e. The van der Waals surface area contributed by atoms with Crippen molar-refractivity contribution in [2.75, 3.05) is 6.61 Å². The highest BCUT2D eigenvalue weighted by molar-refractivity contribution is 5.41. The summed E-state index contributed by atoms with van der Waals surface area (Å²) in [5, 5.41) is 0. The Bertz CT molecular complexity index is 330. The van der Waals surface area contributed by atoms with Gasteiger partial charge in [-0.1, -0.05) is 39.0 Å². The van der Waals surface area contributed by atoms with Gasteiger partial charge in [-0.25, -0.2) is 0 Å². The van der Waals surface area contributed by atoms with Gasteiger partial charge in [0.25, 0.3) is 0 Å². The van der Waals surface area contributed by atoms with Crippen molar-refractivity contribution in [2.24, 2.45) is 5.92 Å². The molecule has 0 aromatic heterocycles. The Balaban J connectivity index is 2.50. The molecule has 1 aromatic carbocycles. The van der Waals surface area contributed by atoms with Gasteiger partial charge in [-0.2, -0.15) is 0 Å². The fraction of sp³-hybridized carbons (Fsp3) is 0.538. The molecule has 0 fully saturated rings. The van der Waals surface area contributed by atoms with Gasteiger partial charge in [-0.3, -0.25) is 0 Å². The summed E-state index contributed by atoms with van der Waals surface area (Å²) in [6.07, 6.45) is 1.13. The lowest BCUT2D eigenvalue weighted by atomic mass is 9.70. The van der Waals surface area contributed by atoms with Crippen LogP contribution in [0.15, 0.2) is 24.3 Å². The second-order valence-electron chi connectivity index (χ2n) is 4.67. The molecule has 76 valence electrons. The van der Waals surface area contributed by atoms with E-state index in [1.54, 1.807) is 0 Å². The Hall–Kier alpha value is -0.980. The van der Waals surface area contributed by atoms with Gasteiger partial charge in [0.15, 0.2) is 0 Å². The maximum absolute atomic E-state index is 5.67. The number of para-hydroxylation sites is 1. The van der Waals surface area contributed by atoms with Crippen molar-refractivity contribution in [1.82, 2.24) is 0 Å². The smallest absolute Gasteiger partial charge is 0.123 e. The van der Waals surface area contributed by atoms with E-state index in [-0.39, 0.29) is 5.41 Å². The fourth-order valence-electron chi connectivity index (χ4n) is 2.17. The zero-order valence-corrected chi connectivity index (χ0v) is 9.21. The van der Waals surface area contributed by atoms with Gasteiger partial charge in [-0.05, 0) is 18.4 Å². The minimum absolute atomic E-state index is 0.287. The van der Waals surface area contributed by atoms with Crippen LogP contribution in [0.3, 0.4) is 0 Å². The lowest BCUT2D eigenvalue weighted by Gasteiger charge is -2.39. The monoisotopic (exact) mass is 190 g/mol. The Morgan fingerprint density at radius 1 is 1.29 bits per heavy atom. The molecule has 1 atom stereocenters. The lowest BCUT2D eigenvalue weighted by molar-refractivity contribution is 0.187. The van der Waals surface area contributed by atoms with Crippen LogP contribution in [-0.2, 0) is 5.41 Å². The zero-order chi connectivity index (χ0) is 10.2. The van der Waals surface area contributed by atoms with E-state index in [9.17, 15) is 0 Å². The number of benzene rings is 1. The van der Waals surface area contributed by atoms with E-state index in [0.29, 0.717) is 5.92 Å². The van der Waals surface area contributed by atoms with E-state index in [2.05, 4.69) is 39.0 Å². The predicted molar refractivity (Wildman–Crippen MR) is 58.7 cm³/mol. The molecule has 1 unspecified atom stereocenters. The topological polar surface area (TPSA) is 9.23 Å². The molecule has 0 spiro atoms. The number of hydrogen-bond acceptors (Lipinski definition) is 1. The number of ether oxygens (including phenoxy) is 1. The normalized spacial score (nSPS) is 25.7. The summed E-state index contributed by atoms with van der Waals surface area (Å²) in [7, 11) is 0. The molecule has 0 saturated carbocycles. The van der Waals surface area contributed by atoms with Crippen LogP contribution in [0.5, 0.6) is 5.75 Å². The highest BCUT2D eigenvalue weighted by Gasteiger charge is 2.35. The third kappa shape index (κ3) is 1.31. The molecule has 1 aromatic rings. The molecule has 0 saturated heterocycles. The summed E-state index contributed by atoms with van der Waals surface area (Å²) in [6, 6.07) is 8.43. The zero-order valence-electron chi connectivity index (χ0n) is 9.21. The molecule has 1 aliphatic heterocycles. The van der Waals surface area contributed by atoms with Crippen LogP contribution in [0.25, 0.3) is 0 Å². The van der Waals surface area contributed by atoms with E-state index in [1.165, 1.54) is 5.56 Å². The number of fused-ring (bicyclic) bond motifs is 1. The third-order valence-electron chi connectivity index (χ3n) is 3.66. The Morgan fingerprint density at radius 3 is 2.71 bits per heavy atom. The summed E-state index contributed by atoms with van der Waals surface area (Å²) in [5.41, 5.74) is 1.66. The van der Waals surface area contributed by atoms with Crippen LogP contribution in [0.4, 0.5) is 0 Å². The molecule has 0 aliphatic carbocycles. The highest BCUT2D eigenvalue weighted by Crippen LogP contribution is 2.43. The molecule has 1 heterocycles. The summed E-state index contributed by atoms with van der Waals surface area (Å²) >= 11 is 0. The van der Waals surface area contributed by atoms with E-state index in [4.69, 9.17) is 4.74 Å². The SMILES string of the molecule is CC(C)C1(C)CCOc2ccccc21. The quantitative estimate of drug-likeness (QED) is 0.659. The average Bonchev–Trinajstić information content (AvgIpc) is 2.18. The second-order valence-corrected chi connectivity index (χ2v) is 4.67. The molecule has 1 nitrogen and oxygen atoms in total. The maximum atomic E-state index is 5.67. The van der Waals surface area contributed by atoms with Crippen molar-refractivity contribution in [3.8, 4) is 5.75 Å². The molecule has 14 heavy (non-hydrogen) atoms. The molecule has 0 radical (unpaired) electrons. The van der Waals surface area contributed by atoms with Crippen molar-refractivity contribution < 1.29 is 4.74 Å². The Kier molecular flexibility index (Phi) is 2.26. The summed E-state index contributed by atoms with van der Waals surface area (Å²) in [4.78, 5) is 0. The number of hydrogen-bond donors (Lipinski definition) is 0. The van der Waals surface area contributed by atoms with Gasteiger partial charge in [-0.15, -0.1) is 0 Å². The van der Waals surface area contributed by atoms with Gasteiger partial charge in [0.1, 0.15) is 5.75 Å². The Morgan fingerprint density at radius 2 is 2.00 bits per heavy atom. The van der Waals surface area contributed by atoms with Crippen molar-refractivity contribution in [1.29, 1.82) is 0 Å². The van der Waals surface area contributed by atoms with Crippen LogP contribution in [-0.4, -0.2) is 6.61 Å². The van der Waals surface area contributed by atoms with Gasteiger partial charge < -0.3 is 4.74 Å². The van der Waals surface area contributed by atoms with Crippen LogP contribution < -0.4 is 4.74 Å². The molecule has 0 amide bonds. The second kappa shape index (κ2) is 3.30. The van der Waals surface area contributed by atoms with Crippen LogP contribution in [0.2, 0.25) is 0 Å². The van der Waals surface area contributed by atoms with Crippen molar-refractivity contribution in [3.63, 3.8) is 0 Å². The van der Waals surface area contributed by atoms with Crippen molar-refractivity contribution >= 4 is 0 Å². The first-order chi connectivity index (χ1) is 6.64. The molecule has 0 N–H and O–H groups in total. The fourth-order valence-corrected chi connectivity index (χ4v) is 2.17. The first-order valence-corrected chi connectivity index (χ1v) is 5.37. The summed E-state index contributed by atoms with van der Waals surface area (Å²) in [5.74, 6) is 1.74. The molecular formula is C13H18O. The van der Waals surface area contributed by atoms with Gasteiger partial charge >= 0.3 is 0 Å². The first kappa shape index (κ1) is 9.57. The average molecular weight is 190 g/mol. The molecule has 1 aliphatic rings. The minimum Gasteiger partial charge on any atom is -0.493 e. The minimum atomic E-state index is 0.287. The van der Waals surface area contributed by atoms with E-state index >= 15 is 0 Å². The summed E-state index contributed by atoms with van der Waals surface area (Å²) < 4.78 is 5.67. The summed E-state index contributed by atoms with van der Waals surface area (Å²) in [6.45, 7) is 7.79. The molecular weight excluding hydrogens is 172 g/mol. The lowest BCUT2D eigenvalue weighted by Crippen LogP contribution is -2.34. The Labute approximate surface area is 86.1 Å². The van der Waals surface area contributed by atoms with Gasteiger partial charge in [0.2, 0.25) is 0 Å². The number of rotatable bonds is 1. The predicted octanol–water partition coefficient (Wildman–Crippen LogP) is 3.38. The van der Waals surface area contributed by atoms with Gasteiger partial charge in [0.05, 0.1) is 6.61 Å². The third-order valence-corrected chi connectivity index (χ3v) is 3.66. The molecule has 0 bridgehead atoms. The maximum Gasteiger partial charge on any atom is 0.123 e.